The van der Waals surface area contributed by atoms with Crippen LogP contribution in [0.3, 0.4) is 0 Å². The number of ether oxygens (including phenoxy) is 2. The van der Waals surface area contributed by atoms with Gasteiger partial charge in [0.05, 0.1) is 0 Å². The number of aryl methyl sites for hydroxylation is 2. The summed E-state index contributed by atoms with van der Waals surface area (Å²) in [6, 6.07) is 11.4. The average Bonchev–Trinajstić information content (AvgIpc) is 2.54. The fourth-order valence-electron chi connectivity index (χ4n) is 2.34. The zero-order valence-electron chi connectivity index (χ0n) is 14.2. The lowest BCUT2D eigenvalue weighted by molar-refractivity contribution is -0.131. The van der Waals surface area contributed by atoms with Gasteiger partial charge >= 0.3 is 5.97 Å². The van der Waals surface area contributed by atoms with E-state index in [9.17, 15) is 4.79 Å². The molecule has 4 heteroatoms. The molecular weight excluding hydrogens is 304 g/mol. The molecule has 0 heterocycles. The van der Waals surface area contributed by atoms with Gasteiger partial charge in [0.15, 0.2) is 0 Å². The minimum Gasteiger partial charge on any atom is -0.490 e. The summed E-state index contributed by atoms with van der Waals surface area (Å²) < 4.78 is 11.5. The number of rotatable bonds is 7. The van der Waals surface area contributed by atoms with E-state index in [-0.39, 0.29) is 0 Å². The van der Waals surface area contributed by atoms with Crippen molar-refractivity contribution >= 4 is 12.0 Å². The van der Waals surface area contributed by atoms with Crippen molar-refractivity contribution in [2.75, 3.05) is 13.2 Å². The highest BCUT2D eigenvalue weighted by Crippen LogP contribution is 2.23. The van der Waals surface area contributed by atoms with Crippen LogP contribution in [-0.4, -0.2) is 24.3 Å². The van der Waals surface area contributed by atoms with Crippen LogP contribution in [0.4, 0.5) is 0 Å². The van der Waals surface area contributed by atoms with Crippen molar-refractivity contribution < 1.29 is 19.4 Å². The molecule has 4 nitrogen and oxygen atoms in total. The Bertz CT molecular complexity index is 747. The summed E-state index contributed by atoms with van der Waals surface area (Å²) in [6.45, 7) is 7.02. The van der Waals surface area contributed by atoms with Gasteiger partial charge in [-0.15, -0.1) is 0 Å². The SMILES string of the molecule is Cc1cc(C)c(C)c(OCCOc2cccc(C=CC(=O)O)c2)c1. The normalized spacial score (nSPS) is 10.8. The number of hydrogen-bond donors (Lipinski definition) is 1. The van der Waals surface area contributed by atoms with Crippen LogP contribution < -0.4 is 9.47 Å². The second-order valence-electron chi connectivity index (χ2n) is 5.65. The fraction of sp³-hybridized carbons (Fsp3) is 0.250. The average molecular weight is 326 g/mol. The third kappa shape index (κ3) is 5.16. The molecule has 0 aliphatic carbocycles. The van der Waals surface area contributed by atoms with Crippen LogP contribution >= 0.6 is 0 Å². The van der Waals surface area contributed by atoms with Crippen molar-refractivity contribution in [3.05, 3.63) is 64.7 Å². The first-order valence-corrected chi connectivity index (χ1v) is 7.80. The molecule has 0 aliphatic rings. The monoisotopic (exact) mass is 326 g/mol. The maximum absolute atomic E-state index is 10.5. The van der Waals surface area contributed by atoms with Crippen molar-refractivity contribution in [3.63, 3.8) is 0 Å². The van der Waals surface area contributed by atoms with Crippen LogP contribution in [0, 0.1) is 20.8 Å². The fourth-order valence-corrected chi connectivity index (χ4v) is 2.34. The summed E-state index contributed by atoms with van der Waals surface area (Å²) in [5.74, 6) is 0.594. The Balaban J connectivity index is 1.89. The third-order valence-electron chi connectivity index (χ3n) is 3.65. The molecule has 24 heavy (non-hydrogen) atoms. The maximum Gasteiger partial charge on any atom is 0.328 e. The highest BCUT2D eigenvalue weighted by molar-refractivity contribution is 5.85. The Labute approximate surface area is 142 Å². The maximum atomic E-state index is 10.5. The molecule has 2 rings (SSSR count). The van der Waals surface area contributed by atoms with E-state index in [1.807, 2.05) is 38.1 Å². The molecule has 1 N–H and O–H groups in total. The molecule has 0 fully saturated rings. The second-order valence-corrected chi connectivity index (χ2v) is 5.65. The van der Waals surface area contributed by atoms with Gasteiger partial charge in [-0.05, 0) is 67.3 Å². The van der Waals surface area contributed by atoms with Crippen LogP contribution in [0.2, 0.25) is 0 Å². The summed E-state index contributed by atoms with van der Waals surface area (Å²) >= 11 is 0. The van der Waals surface area contributed by atoms with Crippen molar-refractivity contribution in [2.24, 2.45) is 0 Å². The predicted octanol–water partition coefficient (Wildman–Crippen LogP) is 4.17. The van der Waals surface area contributed by atoms with Gasteiger partial charge in [0.2, 0.25) is 0 Å². The molecule has 0 unspecified atom stereocenters. The van der Waals surface area contributed by atoms with Crippen molar-refractivity contribution in [1.82, 2.24) is 0 Å². The lowest BCUT2D eigenvalue weighted by atomic mass is 10.1. The standard InChI is InChI=1S/C20H22O4/c1-14-11-15(2)16(3)19(12-14)24-10-9-23-18-6-4-5-17(13-18)7-8-20(21)22/h4-8,11-13H,9-10H2,1-3H3,(H,21,22). The Kier molecular flexibility index (Phi) is 6.01. The van der Waals surface area contributed by atoms with E-state index in [2.05, 4.69) is 13.0 Å². The van der Waals surface area contributed by atoms with E-state index in [0.717, 1.165) is 23.0 Å². The quantitative estimate of drug-likeness (QED) is 0.613. The highest BCUT2D eigenvalue weighted by atomic mass is 16.5. The van der Waals surface area contributed by atoms with Gasteiger partial charge in [-0.2, -0.15) is 0 Å². The minimum atomic E-state index is -0.974. The van der Waals surface area contributed by atoms with Gasteiger partial charge in [-0.25, -0.2) is 4.79 Å². The van der Waals surface area contributed by atoms with Crippen LogP contribution in [0.1, 0.15) is 22.3 Å². The molecule has 0 aliphatic heterocycles. The van der Waals surface area contributed by atoms with Crippen molar-refractivity contribution in [2.45, 2.75) is 20.8 Å². The van der Waals surface area contributed by atoms with Crippen LogP contribution in [0.15, 0.2) is 42.5 Å². The molecule has 0 aromatic heterocycles. The number of carboxylic acids is 1. The Hall–Kier alpha value is -2.75. The molecule has 0 bridgehead atoms. The number of benzene rings is 2. The van der Waals surface area contributed by atoms with Gasteiger partial charge in [0.25, 0.3) is 0 Å². The Morgan fingerprint density at radius 2 is 1.83 bits per heavy atom. The minimum absolute atomic E-state index is 0.415. The first-order chi connectivity index (χ1) is 11.5. The van der Waals surface area contributed by atoms with Crippen molar-refractivity contribution in [3.8, 4) is 11.5 Å². The third-order valence-corrected chi connectivity index (χ3v) is 3.65. The number of aliphatic carboxylic acids is 1. The van der Waals surface area contributed by atoms with Crippen LogP contribution in [-0.2, 0) is 4.79 Å². The Morgan fingerprint density at radius 1 is 1.08 bits per heavy atom. The molecule has 2 aromatic carbocycles. The van der Waals surface area contributed by atoms with Gasteiger partial charge in [-0.1, -0.05) is 18.2 Å². The van der Waals surface area contributed by atoms with Crippen molar-refractivity contribution in [1.29, 1.82) is 0 Å². The molecule has 0 atom stereocenters. The first kappa shape index (κ1) is 17.6. The first-order valence-electron chi connectivity index (χ1n) is 7.80. The summed E-state index contributed by atoms with van der Waals surface area (Å²) in [5.41, 5.74) is 4.30. The molecule has 126 valence electrons. The van der Waals surface area contributed by atoms with Gasteiger partial charge in [-0.3, -0.25) is 0 Å². The van der Waals surface area contributed by atoms with E-state index in [1.165, 1.54) is 17.2 Å². The molecule has 0 saturated heterocycles. The second kappa shape index (κ2) is 8.20. The molecule has 0 radical (unpaired) electrons. The number of hydrogen-bond acceptors (Lipinski definition) is 3. The van der Waals surface area contributed by atoms with Gasteiger partial charge in [0, 0.05) is 6.08 Å². The highest BCUT2D eigenvalue weighted by Gasteiger charge is 2.04. The summed E-state index contributed by atoms with van der Waals surface area (Å²) in [6.07, 6.45) is 2.63. The van der Waals surface area contributed by atoms with Gasteiger partial charge < -0.3 is 14.6 Å². The molecular formula is C20H22O4. The zero-order chi connectivity index (χ0) is 17.5. The predicted molar refractivity (Wildman–Crippen MR) is 94.8 cm³/mol. The smallest absolute Gasteiger partial charge is 0.328 e. The van der Waals surface area contributed by atoms with E-state index in [0.29, 0.717) is 19.0 Å². The summed E-state index contributed by atoms with van der Waals surface area (Å²) in [4.78, 5) is 10.5. The van der Waals surface area contributed by atoms with E-state index >= 15 is 0 Å². The van der Waals surface area contributed by atoms with Gasteiger partial charge in [0.1, 0.15) is 24.7 Å². The largest absolute Gasteiger partial charge is 0.490 e. The lowest BCUT2D eigenvalue weighted by Crippen LogP contribution is -2.10. The number of carboxylic acid groups (broad SMARTS) is 1. The zero-order valence-corrected chi connectivity index (χ0v) is 14.2. The van der Waals surface area contributed by atoms with E-state index in [1.54, 1.807) is 6.07 Å². The van der Waals surface area contributed by atoms with E-state index in [4.69, 9.17) is 14.6 Å². The topological polar surface area (TPSA) is 55.8 Å². The molecule has 0 amide bonds. The summed E-state index contributed by atoms with van der Waals surface area (Å²) in [7, 11) is 0. The summed E-state index contributed by atoms with van der Waals surface area (Å²) in [5, 5.41) is 8.65. The molecule has 0 saturated carbocycles. The Morgan fingerprint density at radius 3 is 2.58 bits per heavy atom. The molecule has 2 aromatic rings. The van der Waals surface area contributed by atoms with Crippen LogP contribution in [0.25, 0.3) is 6.08 Å². The van der Waals surface area contributed by atoms with Crippen LogP contribution in [0.5, 0.6) is 11.5 Å². The van der Waals surface area contributed by atoms with E-state index < -0.39 is 5.97 Å². The lowest BCUT2D eigenvalue weighted by Gasteiger charge is -2.13. The number of carbonyl (C=O) groups is 1. The molecule has 0 spiro atoms.